The Hall–Kier alpha value is -4.85. The molecule has 0 radical (unpaired) electrons. The van der Waals surface area contributed by atoms with E-state index >= 15 is 0 Å². The average Bonchev–Trinajstić information content (AvgIpc) is 3.39. The summed E-state index contributed by atoms with van der Waals surface area (Å²) < 4.78 is 5.91. The molecule has 37 heavy (non-hydrogen) atoms. The summed E-state index contributed by atoms with van der Waals surface area (Å²) in [5, 5.41) is 26.4. The molecule has 1 amide bonds. The molecule has 0 saturated carbocycles. The standard InChI is InChI=1S/C26H25N7O4/c1-13(24-32-22(23(34)26(36)33(24)5)25(35)31-18-11-28-37-12-18)20(19-9-7-6-8-17(19)10-27)21-16(4)29-14(2)15(3)30-21/h6-9,11-13,20,34H,1-5H3,(H,31,35)/t13-,20-/m0/s1. The maximum atomic E-state index is 13.0. The quantitative estimate of drug-likeness (QED) is 0.406. The van der Waals surface area contributed by atoms with Crippen LogP contribution >= 0.6 is 0 Å². The van der Waals surface area contributed by atoms with Crippen LogP contribution in [-0.2, 0) is 7.05 Å². The number of hydrogen-bond donors (Lipinski definition) is 2. The Morgan fingerprint density at radius 3 is 2.51 bits per heavy atom. The summed E-state index contributed by atoms with van der Waals surface area (Å²) in [7, 11) is 1.47. The van der Waals surface area contributed by atoms with Gasteiger partial charge in [-0.2, -0.15) is 5.26 Å². The number of aryl methyl sites for hydroxylation is 3. The molecule has 4 aromatic rings. The molecule has 0 aliphatic rings. The zero-order valence-electron chi connectivity index (χ0n) is 21.0. The van der Waals surface area contributed by atoms with Gasteiger partial charge < -0.3 is 14.9 Å². The number of benzene rings is 1. The van der Waals surface area contributed by atoms with Crippen molar-refractivity contribution in [2.75, 3.05) is 5.32 Å². The van der Waals surface area contributed by atoms with Crippen molar-refractivity contribution in [3.8, 4) is 11.8 Å². The van der Waals surface area contributed by atoms with Gasteiger partial charge in [0.25, 0.3) is 11.5 Å². The lowest BCUT2D eigenvalue weighted by atomic mass is 9.80. The van der Waals surface area contributed by atoms with Crippen molar-refractivity contribution in [3.05, 3.63) is 92.5 Å². The highest BCUT2D eigenvalue weighted by atomic mass is 16.5. The number of amides is 1. The van der Waals surface area contributed by atoms with E-state index in [4.69, 9.17) is 9.51 Å². The number of nitrogens with zero attached hydrogens (tertiary/aromatic N) is 6. The van der Waals surface area contributed by atoms with Crippen LogP contribution in [0.2, 0.25) is 0 Å². The van der Waals surface area contributed by atoms with Crippen LogP contribution in [0.3, 0.4) is 0 Å². The second-order valence-corrected chi connectivity index (χ2v) is 8.73. The van der Waals surface area contributed by atoms with Crippen molar-refractivity contribution in [1.29, 1.82) is 5.26 Å². The van der Waals surface area contributed by atoms with Gasteiger partial charge in [-0.15, -0.1) is 0 Å². The Labute approximate surface area is 212 Å². The van der Waals surface area contributed by atoms with Gasteiger partial charge in [0, 0.05) is 18.9 Å². The number of anilines is 1. The highest BCUT2D eigenvalue weighted by Crippen LogP contribution is 2.39. The maximum absolute atomic E-state index is 13.0. The van der Waals surface area contributed by atoms with Crippen LogP contribution in [0.5, 0.6) is 5.75 Å². The number of rotatable bonds is 6. The molecule has 0 aliphatic heterocycles. The molecule has 0 bridgehead atoms. The monoisotopic (exact) mass is 499 g/mol. The number of hydrogen-bond acceptors (Lipinski definition) is 9. The van der Waals surface area contributed by atoms with Gasteiger partial charge in [-0.3, -0.25) is 24.1 Å². The van der Waals surface area contributed by atoms with Crippen molar-refractivity contribution in [2.45, 2.75) is 39.5 Å². The molecule has 11 heteroatoms. The number of aromatic nitrogens is 5. The Kier molecular flexibility index (Phi) is 6.84. The number of carbonyl (C=O) groups is 1. The zero-order valence-corrected chi connectivity index (χ0v) is 21.0. The molecule has 2 atom stereocenters. The van der Waals surface area contributed by atoms with Crippen molar-refractivity contribution in [2.24, 2.45) is 7.05 Å². The molecule has 4 rings (SSSR count). The molecule has 2 N–H and O–H groups in total. The number of carbonyl (C=O) groups excluding carboxylic acids is 1. The summed E-state index contributed by atoms with van der Waals surface area (Å²) in [5.41, 5.74) is 2.92. The first-order valence-corrected chi connectivity index (χ1v) is 11.4. The smallest absolute Gasteiger partial charge is 0.296 e. The topological polar surface area (TPSA) is 160 Å². The number of nitriles is 1. The lowest BCUT2D eigenvalue weighted by Gasteiger charge is -2.27. The van der Waals surface area contributed by atoms with E-state index < -0.39 is 34.7 Å². The van der Waals surface area contributed by atoms with Crippen LogP contribution in [0, 0.1) is 32.1 Å². The van der Waals surface area contributed by atoms with Crippen molar-refractivity contribution in [1.82, 2.24) is 24.7 Å². The predicted octanol–water partition coefficient (Wildman–Crippen LogP) is 3.25. The van der Waals surface area contributed by atoms with Gasteiger partial charge >= 0.3 is 0 Å². The molecule has 11 nitrogen and oxygen atoms in total. The largest absolute Gasteiger partial charge is 0.501 e. The minimum absolute atomic E-state index is 0.218. The maximum Gasteiger partial charge on any atom is 0.296 e. The van der Waals surface area contributed by atoms with Crippen LogP contribution < -0.4 is 10.9 Å². The third-order valence-corrected chi connectivity index (χ3v) is 6.34. The Morgan fingerprint density at radius 2 is 1.84 bits per heavy atom. The van der Waals surface area contributed by atoms with Crippen molar-refractivity contribution < 1.29 is 14.4 Å². The van der Waals surface area contributed by atoms with Crippen molar-refractivity contribution >= 4 is 11.6 Å². The van der Waals surface area contributed by atoms with Crippen LogP contribution in [0.25, 0.3) is 0 Å². The van der Waals surface area contributed by atoms with Crippen LogP contribution in [0.15, 0.2) is 46.0 Å². The van der Waals surface area contributed by atoms with Gasteiger partial charge in [0.15, 0.2) is 5.69 Å². The summed E-state index contributed by atoms with van der Waals surface area (Å²) in [6.45, 7) is 7.39. The normalized spacial score (nSPS) is 12.5. The summed E-state index contributed by atoms with van der Waals surface area (Å²) >= 11 is 0. The molecular formula is C26H25N7O4. The third kappa shape index (κ3) is 4.69. The fourth-order valence-corrected chi connectivity index (χ4v) is 4.33. The molecule has 0 spiro atoms. The molecule has 0 fully saturated rings. The summed E-state index contributed by atoms with van der Waals surface area (Å²) in [6, 6.07) is 9.36. The van der Waals surface area contributed by atoms with E-state index in [0.29, 0.717) is 22.5 Å². The third-order valence-electron chi connectivity index (χ3n) is 6.34. The van der Waals surface area contributed by atoms with Gasteiger partial charge in [0.1, 0.15) is 17.8 Å². The van der Waals surface area contributed by atoms with Gasteiger partial charge in [-0.1, -0.05) is 30.3 Å². The predicted molar refractivity (Wildman–Crippen MR) is 133 cm³/mol. The minimum Gasteiger partial charge on any atom is -0.501 e. The van der Waals surface area contributed by atoms with E-state index in [9.17, 15) is 20.0 Å². The minimum atomic E-state index is -0.803. The van der Waals surface area contributed by atoms with Crippen molar-refractivity contribution in [3.63, 3.8) is 0 Å². The van der Waals surface area contributed by atoms with E-state index in [0.717, 1.165) is 11.4 Å². The molecular weight excluding hydrogens is 474 g/mol. The van der Waals surface area contributed by atoms with Crippen LogP contribution in [0.4, 0.5) is 5.69 Å². The number of aromatic hydroxyl groups is 1. The van der Waals surface area contributed by atoms with Gasteiger partial charge in [0.2, 0.25) is 5.75 Å². The molecule has 0 aliphatic carbocycles. The molecule has 3 heterocycles. The lowest BCUT2D eigenvalue weighted by molar-refractivity contribution is 0.101. The molecule has 188 valence electrons. The Balaban J connectivity index is 1.92. The summed E-state index contributed by atoms with van der Waals surface area (Å²) in [6.07, 6.45) is 2.48. The molecule has 0 saturated heterocycles. The fourth-order valence-electron chi connectivity index (χ4n) is 4.33. The second-order valence-electron chi connectivity index (χ2n) is 8.73. The second kappa shape index (κ2) is 10.0. The zero-order chi connectivity index (χ0) is 26.9. The van der Waals surface area contributed by atoms with Gasteiger partial charge in [0.05, 0.1) is 40.6 Å². The molecule has 0 unspecified atom stereocenters. The van der Waals surface area contributed by atoms with Gasteiger partial charge in [-0.25, -0.2) is 4.98 Å². The number of nitrogens with one attached hydrogen (secondary N) is 1. The van der Waals surface area contributed by atoms with E-state index in [2.05, 4.69) is 26.5 Å². The Bertz CT molecular complexity index is 1590. The first-order chi connectivity index (χ1) is 17.6. The van der Waals surface area contributed by atoms with Gasteiger partial charge in [-0.05, 0) is 32.4 Å². The summed E-state index contributed by atoms with van der Waals surface area (Å²) in [4.78, 5) is 39.8. The Morgan fingerprint density at radius 1 is 1.14 bits per heavy atom. The van der Waals surface area contributed by atoms with E-state index in [1.807, 2.05) is 39.8 Å². The van der Waals surface area contributed by atoms with Crippen LogP contribution in [0.1, 0.15) is 69.0 Å². The highest BCUT2D eigenvalue weighted by Gasteiger charge is 2.33. The molecule has 1 aromatic carbocycles. The molecule has 3 aromatic heterocycles. The summed E-state index contributed by atoms with van der Waals surface area (Å²) in [5.74, 6) is -2.48. The first kappa shape index (κ1) is 25.2. The van der Waals surface area contributed by atoms with Crippen LogP contribution in [-0.4, -0.2) is 35.7 Å². The van der Waals surface area contributed by atoms with E-state index in [1.165, 1.54) is 24.1 Å². The fraction of sp³-hybridized carbons (Fsp3) is 0.269. The average molecular weight is 500 g/mol. The van der Waals surface area contributed by atoms with E-state index in [1.54, 1.807) is 12.1 Å². The van der Waals surface area contributed by atoms with E-state index in [-0.39, 0.29) is 11.5 Å². The lowest BCUT2D eigenvalue weighted by Crippen LogP contribution is -2.30. The first-order valence-electron chi connectivity index (χ1n) is 11.4. The SMILES string of the molecule is Cc1nc(C)c([C@H](c2ccccc2C#N)[C@H](C)c2nc(C(=O)Nc3cnoc3)c(O)c(=O)n2C)nc1C. The highest BCUT2D eigenvalue weighted by molar-refractivity contribution is 6.04.